The zero-order chi connectivity index (χ0) is 22.5. The molecule has 2 aliphatic rings. The molecule has 1 N–H and O–H groups in total. The lowest BCUT2D eigenvalue weighted by atomic mass is 10.1. The summed E-state index contributed by atoms with van der Waals surface area (Å²) in [5.74, 6) is -0.920. The molecule has 2 aliphatic heterocycles. The Hall–Kier alpha value is -3.67. The van der Waals surface area contributed by atoms with Gasteiger partial charge in [0.15, 0.2) is 11.6 Å². The summed E-state index contributed by atoms with van der Waals surface area (Å²) in [5.41, 5.74) is 1.39. The van der Waals surface area contributed by atoms with E-state index in [2.05, 4.69) is 10.3 Å². The zero-order valence-corrected chi connectivity index (χ0v) is 17.8. The second kappa shape index (κ2) is 7.48. The number of nitrogens with one attached hydrogen (secondary N) is 1. The standard InChI is InChI=1S/C20H19FN6O4S/c1-25-10-17(22-24-25)26-8-7-14-15(26)9-16(31-12-13-5-3-2-4-6-13)20(19(14)21)27-11-18(28)23-32(27,29)30/h2-6,9-10H,7-8,11-12H2,1H3,(H,23,28). The topological polar surface area (TPSA) is 110 Å². The molecule has 32 heavy (non-hydrogen) atoms. The van der Waals surface area contributed by atoms with Gasteiger partial charge in [-0.15, -0.1) is 5.10 Å². The van der Waals surface area contributed by atoms with Crippen molar-refractivity contribution in [2.24, 2.45) is 7.05 Å². The summed E-state index contributed by atoms with van der Waals surface area (Å²) in [6.45, 7) is 0.0105. The number of anilines is 3. The van der Waals surface area contributed by atoms with E-state index in [0.717, 1.165) is 9.87 Å². The molecule has 0 aliphatic carbocycles. The fourth-order valence-corrected chi connectivity index (χ4v) is 5.05. The van der Waals surface area contributed by atoms with Crippen molar-refractivity contribution in [1.29, 1.82) is 0 Å². The molecule has 1 saturated heterocycles. The van der Waals surface area contributed by atoms with Crippen molar-refractivity contribution in [3.8, 4) is 5.75 Å². The van der Waals surface area contributed by atoms with E-state index in [1.165, 1.54) is 0 Å². The molecular formula is C20H19FN6O4S. The van der Waals surface area contributed by atoms with Crippen LogP contribution in [0.25, 0.3) is 0 Å². The number of hydrogen-bond donors (Lipinski definition) is 1. The molecule has 12 heteroatoms. The van der Waals surface area contributed by atoms with Gasteiger partial charge in [0.2, 0.25) is 0 Å². The lowest BCUT2D eigenvalue weighted by Crippen LogP contribution is -2.30. The Morgan fingerprint density at radius 1 is 1.25 bits per heavy atom. The van der Waals surface area contributed by atoms with Gasteiger partial charge in [0, 0.05) is 25.2 Å². The average Bonchev–Trinajstić information content (AvgIpc) is 3.44. The van der Waals surface area contributed by atoms with Crippen molar-refractivity contribution in [1.82, 2.24) is 19.7 Å². The maximum absolute atomic E-state index is 15.8. The van der Waals surface area contributed by atoms with Gasteiger partial charge >= 0.3 is 10.2 Å². The zero-order valence-electron chi connectivity index (χ0n) is 17.0. The van der Waals surface area contributed by atoms with Gasteiger partial charge in [-0.3, -0.25) is 9.48 Å². The molecule has 1 fully saturated rings. The Morgan fingerprint density at radius 3 is 2.69 bits per heavy atom. The van der Waals surface area contributed by atoms with Crippen LogP contribution >= 0.6 is 0 Å². The Bertz CT molecular complexity index is 1310. The van der Waals surface area contributed by atoms with Crippen LogP contribution in [-0.2, 0) is 35.1 Å². The van der Waals surface area contributed by atoms with E-state index in [9.17, 15) is 13.2 Å². The molecule has 2 aromatic carbocycles. The summed E-state index contributed by atoms with van der Waals surface area (Å²) in [6.07, 6.45) is 2.04. The molecule has 1 amide bonds. The van der Waals surface area contributed by atoms with Crippen LogP contribution in [0, 0.1) is 5.82 Å². The smallest absolute Gasteiger partial charge is 0.326 e. The maximum atomic E-state index is 15.8. The van der Waals surface area contributed by atoms with E-state index in [1.807, 2.05) is 35.1 Å². The third kappa shape index (κ3) is 3.42. The lowest BCUT2D eigenvalue weighted by Gasteiger charge is -2.23. The Labute approximate surface area is 183 Å². The Morgan fingerprint density at radius 2 is 2.03 bits per heavy atom. The second-order valence-corrected chi connectivity index (χ2v) is 9.09. The number of nitrogens with zero attached hydrogens (tertiary/aromatic N) is 5. The maximum Gasteiger partial charge on any atom is 0.326 e. The van der Waals surface area contributed by atoms with Gasteiger partial charge in [0.1, 0.15) is 24.6 Å². The minimum atomic E-state index is -4.22. The first kappa shape index (κ1) is 20.2. The van der Waals surface area contributed by atoms with Crippen LogP contribution in [0.1, 0.15) is 11.1 Å². The molecule has 0 saturated carbocycles. The van der Waals surface area contributed by atoms with Crippen molar-refractivity contribution in [3.05, 3.63) is 59.5 Å². The van der Waals surface area contributed by atoms with E-state index < -0.39 is 28.5 Å². The number of aromatic nitrogens is 3. The monoisotopic (exact) mass is 458 g/mol. The highest BCUT2D eigenvalue weighted by molar-refractivity contribution is 7.92. The van der Waals surface area contributed by atoms with Crippen molar-refractivity contribution in [2.75, 3.05) is 22.3 Å². The van der Waals surface area contributed by atoms with Gasteiger partial charge in [-0.25, -0.2) is 13.4 Å². The number of fused-ring (bicyclic) bond motifs is 1. The molecule has 3 aromatic rings. The number of aryl methyl sites for hydroxylation is 1. The van der Waals surface area contributed by atoms with Gasteiger partial charge in [-0.1, -0.05) is 35.5 Å². The number of carbonyl (C=O) groups is 1. The predicted octanol–water partition coefficient (Wildman–Crippen LogP) is 1.41. The van der Waals surface area contributed by atoms with Crippen molar-refractivity contribution >= 4 is 33.3 Å². The SMILES string of the molecule is Cn1cc(N2CCc3c2cc(OCc2ccccc2)c(N2CC(=O)NS2(=O)=O)c3F)nn1. The normalized spacial score (nSPS) is 16.9. The number of amides is 1. The molecule has 3 heterocycles. The quantitative estimate of drug-likeness (QED) is 0.616. The van der Waals surface area contributed by atoms with Gasteiger partial charge in [0.25, 0.3) is 5.91 Å². The van der Waals surface area contributed by atoms with E-state index in [-0.39, 0.29) is 18.0 Å². The summed E-state index contributed by atoms with van der Waals surface area (Å²) in [5, 5.41) is 8.03. The lowest BCUT2D eigenvalue weighted by molar-refractivity contribution is -0.117. The Balaban J connectivity index is 1.61. The first-order chi connectivity index (χ1) is 15.3. The molecule has 166 valence electrons. The minimum absolute atomic E-state index is 0.0148. The molecule has 10 nitrogen and oxygen atoms in total. The molecule has 1 aromatic heterocycles. The minimum Gasteiger partial charge on any atom is -0.487 e. The predicted molar refractivity (Wildman–Crippen MR) is 113 cm³/mol. The van der Waals surface area contributed by atoms with Crippen LogP contribution in [0.4, 0.5) is 21.6 Å². The highest BCUT2D eigenvalue weighted by Gasteiger charge is 2.40. The van der Waals surface area contributed by atoms with Gasteiger partial charge in [-0.2, -0.15) is 8.42 Å². The third-order valence-corrected chi connectivity index (χ3v) is 6.71. The fourth-order valence-electron chi connectivity index (χ4n) is 3.89. The molecule has 0 atom stereocenters. The number of carbonyl (C=O) groups excluding carboxylic acids is 1. The fraction of sp³-hybridized carbons (Fsp3) is 0.250. The van der Waals surface area contributed by atoms with Crippen molar-refractivity contribution < 1.29 is 22.3 Å². The highest BCUT2D eigenvalue weighted by Crippen LogP contribution is 2.45. The molecule has 0 radical (unpaired) electrons. The van der Waals surface area contributed by atoms with Crippen LogP contribution in [0.5, 0.6) is 5.75 Å². The van der Waals surface area contributed by atoms with Crippen LogP contribution in [0.2, 0.25) is 0 Å². The summed E-state index contributed by atoms with van der Waals surface area (Å²) < 4.78 is 50.8. The van der Waals surface area contributed by atoms with E-state index in [1.54, 1.807) is 28.9 Å². The van der Waals surface area contributed by atoms with Crippen LogP contribution in [0.3, 0.4) is 0 Å². The van der Waals surface area contributed by atoms with Crippen LogP contribution < -0.4 is 18.7 Å². The number of ether oxygens (including phenoxy) is 1. The first-order valence-corrected chi connectivity index (χ1v) is 11.3. The Kier molecular flexibility index (Phi) is 4.73. The summed E-state index contributed by atoms with van der Waals surface area (Å²) in [4.78, 5) is 13.6. The van der Waals surface area contributed by atoms with Crippen molar-refractivity contribution in [2.45, 2.75) is 13.0 Å². The van der Waals surface area contributed by atoms with Gasteiger partial charge in [-0.05, 0) is 12.0 Å². The van der Waals surface area contributed by atoms with E-state index in [0.29, 0.717) is 30.0 Å². The molecule has 0 spiro atoms. The number of benzene rings is 2. The summed E-state index contributed by atoms with van der Waals surface area (Å²) in [6, 6.07) is 10.8. The van der Waals surface area contributed by atoms with E-state index in [4.69, 9.17) is 4.74 Å². The van der Waals surface area contributed by atoms with Crippen molar-refractivity contribution in [3.63, 3.8) is 0 Å². The number of halogens is 1. The van der Waals surface area contributed by atoms with Gasteiger partial charge < -0.3 is 9.64 Å². The van der Waals surface area contributed by atoms with Gasteiger partial charge in [0.05, 0.1) is 11.9 Å². The summed E-state index contributed by atoms with van der Waals surface area (Å²) >= 11 is 0. The highest BCUT2D eigenvalue weighted by atomic mass is 32.2. The first-order valence-electron chi connectivity index (χ1n) is 9.83. The summed E-state index contributed by atoms with van der Waals surface area (Å²) in [7, 11) is -2.49. The second-order valence-electron chi connectivity index (χ2n) is 7.50. The van der Waals surface area contributed by atoms with E-state index >= 15 is 4.39 Å². The number of hydrogen-bond acceptors (Lipinski definition) is 7. The third-order valence-electron chi connectivity index (χ3n) is 5.33. The average molecular weight is 458 g/mol. The molecular weight excluding hydrogens is 439 g/mol. The molecule has 0 bridgehead atoms. The number of rotatable bonds is 5. The molecule has 5 rings (SSSR count). The largest absolute Gasteiger partial charge is 0.487 e. The van der Waals surface area contributed by atoms with Crippen LogP contribution in [-0.4, -0.2) is 42.4 Å². The molecule has 0 unspecified atom stereocenters. The van der Waals surface area contributed by atoms with Crippen LogP contribution in [0.15, 0.2) is 42.6 Å².